The lowest BCUT2D eigenvalue weighted by molar-refractivity contribution is 0.0947. The van der Waals surface area contributed by atoms with E-state index in [1.807, 2.05) is 0 Å². The Labute approximate surface area is 227 Å². The second-order valence-electron chi connectivity index (χ2n) is 10.5. The summed E-state index contributed by atoms with van der Waals surface area (Å²) < 4.78 is 42.1. The van der Waals surface area contributed by atoms with E-state index in [1.165, 1.54) is 35.6 Å². The number of halogens is 1. The fourth-order valence-corrected chi connectivity index (χ4v) is 8.07. The van der Waals surface area contributed by atoms with Gasteiger partial charge in [-0.2, -0.15) is 4.31 Å². The summed E-state index contributed by atoms with van der Waals surface area (Å²) in [4.78, 5) is 22.0. The summed E-state index contributed by atoms with van der Waals surface area (Å²) in [5.41, 5.74) is 1.26. The van der Waals surface area contributed by atoms with E-state index >= 15 is 0 Å². The molecule has 3 heterocycles. The predicted molar refractivity (Wildman–Crippen MR) is 149 cm³/mol. The number of piperazine rings is 1. The zero-order valence-electron chi connectivity index (χ0n) is 21.8. The lowest BCUT2D eigenvalue weighted by Gasteiger charge is -2.34. The van der Waals surface area contributed by atoms with Crippen molar-refractivity contribution in [3.63, 3.8) is 0 Å². The standard InChI is InChI=1S/C27H34FN5O3S2/c1-19-15-20(2)18-33(17-19)38(35,36)23-6-3-21(4-7-23)26(34)29-9-10-31-11-13-32(14-12-31)27-30-24-8-5-22(28)16-25(24)37-27/h3-8,16,19-20H,9-15,17-18H2,1-2H3,(H,29,34). The van der Waals surface area contributed by atoms with Crippen molar-refractivity contribution < 1.29 is 17.6 Å². The quantitative estimate of drug-likeness (QED) is 0.476. The Hall–Kier alpha value is -2.60. The number of carbonyl (C=O) groups is 1. The summed E-state index contributed by atoms with van der Waals surface area (Å²) in [7, 11) is -3.57. The number of rotatable bonds is 7. The van der Waals surface area contributed by atoms with Gasteiger partial charge in [0, 0.05) is 57.9 Å². The minimum Gasteiger partial charge on any atom is -0.351 e. The molecule has 1 amide bonds. The van der Waals surface area contributed by atoms with E-state index in [1.54, 1.807) is 22.5 Å². The summed E-state index contributed by atoms with van der Waals surface area (Å²) in [6, 6.07) is 10.9. The monoisotopic (exact) mass is 559 g/mol. The minimum atomic E-state index is -3.57. The van der Waals surface area contributed by atoms with Crippen LogP contribution in [0.1, 0.15) is 30.6 Å². The maximum atomic E-state index is 13.5. The smallest absolute Gasteiger partial charge is 0.251 e. The average Bonchev–Trinajstić information content (AvgIpc) is 3.32. The van der Waals surface area contributed by atoms with Crippen LogP contribution >= 0.6 is 11.3 Å². The van der Waals surface area contributed by atoms with Crippen molar-refractivity contribution in [3.8, 4) is 0 Å². The maximum absolute atomic E-state index is 13.5. The van der Waals surface area contributed by atoms with Crippen LogP contribution in [-0.2, 0) is 10.0 Å². The zero-order chi connectivity index (χ0) is 26.9. The highest BCUT2D eigenvalue weighted by Crippen LogP contribution is 2.30. The molecule has 3 aromatic rings. The molecule has 8 nitrogen and oxygen atoms in total. The fourth-order valence-electron chi connectivity index (χ4n) is 5.34. The number of sulfonamides is 1. The van der Waals surface area contributed by atoms with Crippen molar-refractivity contribution in [2.45, 2.75) is 25.2 Å². The first kappa shape index (κ1) is 27.0. The van der Waals surface area contributed by atoms with Crippen molar-refractivity contribution >= 4 is 42.6 Å². The van der Waals surface area contributed by atoms with Crippen molar-refractivity contribution in [1.29, 1.82) is 0 Å². The number of anilines is 1. The molecule has 1 N–H and O–H groups in total. The van der Waals surface area contributed by atoms with Gasteiger partial charge in [-0.3, -0.25) is 9.69 Å². The van der Waals surface area contributed by atoms with Crippen molar-refractivity contribution in [3.05, 3.63) is 53.8 Å². The molecule has 0 bridgehead atoms. The maximum Gasteiger partial charge on any atom is 0.251 e. The van der Waals surface area contributed by atoms with Gasteiger partial charge in [0.15, 0.2) is 5.13 Å². The van der Waals surface area contributed by atoms with E-state index in [0.29, 0.717) is 37.0 Å². The highest BCUT2D eigenvalue weighted by Gasteiger charge is 2.31. The Morgan fingerprint density at radius 3 is 2.42 bits per heavy atom. The molecule has 0 aliphatic carbocycles. The molecule has 2 fully saturated rings. The Kier molecular flexibility index (Phi) is 7.99. The molecule has 5 rings (SSSR count). The molecular weight excluding hydrogens is 525 g/mol. The van der Waals surface area contributed by atoms with Gasteiger partial charge in [0.25, 0.3) is 5.91 Å². The number of piperidine rings is 1. The van der Waals surface area contributed by atoms with E-state index in [9.17, 15) is 17.6 Å². The van der Waals surface area contributed by atoms with Crippen LogP contribution in [0, 0.1) is 17.7 Å². The number of fused-ring (bicyclic) bond motifs is 1. The number of thiazole rings is 1. The van der Waals surface area contributed by atoms with E-state index in [0.717, 1.165) is 54.5 Å². The molecule has 1 aromatic heterocycles. The molecule has 2 unspecified atom stereocenters. The Balaban J connectivity index is 1.09. The number of amides is 1. The molecule has 0 radical (unpaired) electrons. The van der Waals surface area contributed by atoms with Gasteiger partial charge >= 0.3 is 0 Å². The van der Waals surface area contributed by atoms with Gasteiger partial charge in [-0.15, -0.1) is 0 Å². The van der Waals surface area contributed by atoms with Crippen LogP contribution in [0.3, 0.4) is 0 Å². The normalized spacial score (nSPS) is 21.6. The van der Waals surface area contributed by atoms with Gasteiger partial charge in [-0.05, 0) is 60.7 Å². The number of nitrogens with zero attached hydrogens (tertiary/aromatic N) is 4. The van der Waals surface area contributed by atoms with Gasteiger partial charge in [0.05, 0.1) is 15.1 Å². The van der Waals surface area contributed by atoms with Crippen LogP contribution < -0.4 is 10.2 Å². The molecule has 0 saturated carbocycles. The third kappa shape index (κ3) is 6.01. The van der Waals surface area contributed by atoms with E-state index in [-0.39, 0.29) is 16.6 Å². The van der Waals surface area contributed by atoms with Gasteiger partial charge in [0.1, 0.15) is 5.82 Å². The molecule has 2 aliphatic heterocycles. The Morgan fingerprint density at radius 1 is 1.05 bits per heavy atom. The molecular formula is C27H34FN5O3S2. The Morgan fingerprint density at radius 2 is 1.74 bits per heavy atom. The lowest BCUT2D eigenvalue weighted by Crippen LogP contribution is -2.48. The average molecular weight is 560 g/mol. The van der Waals surface area contributed by atoms with Gasteiger partial charge < -0.3 is 10.2 Å². The first-order chi connectivity index (χ1) is 18.2. The number of hydrogen-bond acceptors (Lipinski definition) is 7. The first-order valence-electron chi connectivity index (χ1n) is 13.1. The topological polar surface area (TPSA) is 85.8 Å². The zero-order valence-corrected chi connectivity index (χ0v) is 23.4. The molecule has 2 saturated heterocycles. The van der Waals surface area contributed by atoms with Crippen LogP contribution in [0.25, 0.3) is 10.2 Å². The minimum absolute atomic E-state index is 0.213. The van der Waals surface area contributed by atoms with E-state index in [2.05, 4.69) is 33.9 Å². The first-order valence-corrected chi connectivity index (χ1v) is 15.4. The summed E-state index contributed by atoms with van der Waals surface area (Å²) in [5.74, 6) is 0.205. The van der Waals surface area contributed by atoms with Crippen LogP contribution in [0.15, 0.2) is 47.4 Å². The van der Waals surface area contributed by atoms with E-state index in [4.69, 9.17) is 0 Å². The van der Waals surface area contributed by atoms with Crippen LogP contribution in [-0.4, -0.2) is 80.9 Å². The number of benzene rings is 2. The summed E-state index contributed by atoms with van der Waals surface area (Å²) in [6.07, 6.45) is 1.03. The van der Waals surface area contributed by atoms with Crippen LogP contribution in [0.5, 0.6) is 0 Å². The molecule has 38 heavy (non-hydrogen) atoms. The van der Waals surface area contributed by atoms with Crippen LogP contribution in [0.4, 0.5) is 9.52 Å². The van der Waals surface area contributed by atoms with Crippen molar-refractivity contribution in [1.82, 2.24) is 19.5 Å². The lowest BCUT2D eigenvalue weighted by atomic mass is 9.94. The number of aromatic nitrogens is 1. The third-order valence-corrected chi connectivity index (χ3v) is 10.2. The summed E-state index contributed by atoms with van der Waals surface area (Å²) in [5, 5.41) is 3.86. The van der Waals surface area contributed by atoms with E-state index < -0.39 is 10.0 Å². The molecule has 2 atom stereocenters. The van der Waals surface area contributed by atoms with Crippen LogP contribution in [0.2, 0.25) is 0 Å². The highest BCUT2D eigenvalue weighted by molar-refractivity contribution is 7.89. The molecule has 0 spiro atoms. The number of hydrogen-bond donors (Lipinski definition) is 1. The molecule has 204 valence electrons. The SMILES string of the molecule is CC1CC(C)CN(S(=O)(=O)c2ccc(C(=O)NCCN3CCN(c4nc5ccc(F)cc5s4)CC3)cc2)C1. The summed E-state index contributed by atoms with van der Waals surface area (Å²) >= 11 is 1.51. The predicted octanol–water partition coefficient (Wildman–Crippen LogP) is 3.65. The second-order valence-corrected chi connectivity index (χ2v) is 13.4. The fraction of sp³-hybridized carbons (Fsp3) is 0.481. The molecule has 2 aliphatic rings. The number of nitrogens with one attached hydrogen (secondary N) is 1. The number of carbonyl (C=O) groups excluding carboxylic acids is 1. The van der Waals surface area contributed by atoms with Gasteiger partial charge in [0.2, 0.25) is 10.0 Å². The molecule has 11 heteroatoms. The van der Waals surface area contributed by atoms with Gasteiger partial charge in [-0.1, -0.05) is 25.2 Å². The highest BCUT2D eigenvalue weighted by atomic mass is 32.2. The van der Waals surface area contributed by atoms with Gasteiger partial charge in [-0.25, -0.2) is 17.8 Å². The van der Waals surface area contributed by atoms with Crippen molar-refractivity contribution in [2.75, 3.05) is 57.3 Å². The largest absolute Gasteiger partial charge is 0.351 e. The molecule has 2 aromatic carbocycles. The van der Waals surface area contributed by atoms with Crippen molar-refractivity contribution in [2.24, 2.45) is 11.8 Å². The third-order valence-electron chi connectivity index (χ3n) is 7.29. The summed E-state index contributed by atoms with van der Waals surface area (Å²) in [6.45, 7) is 9.79. The second kappa shape index (κ2) is 11.3. The Bertz CT molecular complexity index is 1380.